The maximum atomic E-state index is 5.93. The molecule has 0 N–H and O–H groups in total. The van der Waals surface area contributed by atoms with Crippen molar-refractivity contribution in [2.24, 2.45) is 5.92 Å². The van der Waals surface area contributed by atoms with Gasteiger partial charge in [-0.05, 0) is 56.6 Å². The summed E-state index contributed by atoms with van der Waals surface area (Å²) in [7, 11) is 0. The van der Waals surface area contributed by atoms with Crippen LogP contribution in [-0.2, 0) is 6.42 Å². The SMILES string of the molecule is CCc1cc(OCC2CCN(c3ccnc(C4CC4)n3)CC2)nnc1C. The summed E-state index contributed by atoms with van der Waals surface area (Å²) in [5.41, 5.74) is 2.20. The number of ether oxygens (including phenoxy) is 1. The van der Waals surface area contributed by atoms with Gasteiger partial charge in [0.1, 0.15) is 11.6 Å². The molecule has 0 bridgehead atoms. The van der Waals surface area contributed by atoms with Crippen LogP contribution in [0.25, 0.3) is 0 Å². The smallest absolute Gasteiger partial charge is 0.233 e. The van der Waals surface area contributed by atoms with Gasteiger partial charge in [-0.1, -0.05) is 6.92 Å². The lowest BCUT2D eigenvalue weighted by atomic mass is 9.98. The van der Waals surface area contributed by atoms with Crippen LogP contribution in [0.4, 0.5) is 5.82 Å². The van der Waals surface area contributed by atoms with Crippen molar-refractivity contribution in [1.82, 2.24) is 20.2 Å². The molecule has 0 atom stereocenters. The summed E-state index contributed by atoms with van der Waals surface area (Å²) in [4.78, 5) is 11.6. The largest absolute Gasteiger partial charge is 0.476 e. The highest BCUT2D eigenvalue weighted by Gasteiger charge is 2.28. The Kier molecular flexibility index (Phi) is 5.00. The van der Waals surface area contributed by atoms with Crippen molar-refractivity contribution in [3.8, 4) is 5.88 Å². The van der Waals surface area contributed by atoms with Crippen LogP contribution in [0.2, 0.25) is 0 Å². The number of aromatic nitrogens is 4. The van der Waals surface area contributed by atoms with Crippen molar-refractivity contribution >= 4 is 5.82 Å². The van der Waals surface area contributed by atoms with Crippen LogP contribution in [0.3, 0.4) is 0 Å². The van der Waals surface area contributed by atoms with Crippen molar-refractivity contribution < 1.29 is 4.74 Å². The van der Waals surface area contributed by atoms with Gasteiger partial charge >= 0.3 is 0 Å². The molecular weight excluding hydrogens is 326 g/mol. The molecule has 0 aromatic carbocycles. The quantitative estimate of drug-likeness (QED) is 0.794. The van der Waals surface area contributed by atoms with Gasteiger partial charge in [-0.3, -0.25) is 0 Å². The average molecular weight is 353 g/mol. The van der Waals surface area contributed by atoms with Crippen LogP contribution in [0.15, 0.2) is 18.3 Å². The second-order valence-electron chi connectivity index (χ2n) is 7.44. The van der Waals surface area contributed by atoms with Gasteiger partial charge in [0.25, 0.3) is 0 Å². The highest BCUT2D eigenvalue weighted by Crippen LogP contribution is 2.38. The number of hydrogen-bond acceptors (Lipinski definition) is 6. The molecule has 1 aliphatic carbocycles. The van der Waals surface area contributed by atoms with Crippen LogP contribution in [-0.4, -0.2) is 39.9 Å². The number of nitrogens with zero attached hydrogens (tertiary/aromatic N) is 5. The van der Waals surface area contributed by atoms with E-state index in [0.29, 0.717) is 24.3 Å². The van der Waals surface area contributed by atoms with Gasteiger partial charge in [0.05, 0.1) is 12.3 Å². The van der Waals surface area contributed by atoms with Crippen LogP contribution in [0.5, 0.6) is 5.88 Å². The summed E-state index contributed by atoms with van der Waals surface area (Å²) in [6, 6.07) is 4.06. The van der Waals surface area contributed by atoms with Crippen molar-refractivity contribution in [2.75, 3.05) is 24.6 Å². The normalized spacial score (nSPS) is 18.2. The predicted octanol–water partition coefficient (Wildman–Crippen LogP) is 3.31. The van der Waals surface area contributed by atoms with Crippen molar-refractivity contribution in [3.05, 3.63) is 35.4 Å². The second-order valence-corrected chi connectivity index (χ2v) is 7.44. The van der Waals surface area contributed by atoms with E-state index in [2.05, 4.69) is 27.0 Å². The molecule has 2 fully saturated rings. The van der Waals surface area contributed by atoms with E-state index >= 15 is 0 Å². The lowest BCUT2D eigenvalue weighted by Crippen LogP contribution is -2.36. The molecule has 1 aliphatic heterocycles. The van der Waals surface area contributed by atoms with Gasteiger partial charge in [-0.2, -0.15) is 5.10 Å². The maximum Gasteiger partial charge on any atom is 0.233 e. The van der Waals surface area contributed by atoms with Gasteiger partial charge in [0.2, 0.25) is 5.88 Å². The molecule has 3 heterocycles. The number of hydrogen-bond donors (Lipinski definition) is 0. The Morgan fingerprint density at radius 1 is 1.15 bits per heavy atom. The first-order chi connectivity index (χ1) is 12.7. The molecule has 2 aromatic heterocycles. The number of rotatable bonds is 6. The fraction of sp³-hybridized carbons (Fsp3) is 0.600. The summed E-state index contributed by atoms with van der Waals surface area (Å²) in [5.74, 6) is 3.92. The van der Waals surface area contributed by atoms with Gasteiger partial charge in [-0.25, -0.2) is 9.97 Å². The average Bonchev–Trinajstić information content (AvgIpc) is 3.53. The summed E-state index contributed by atoms with van der Waals surface area (Å²) >= 11 is 0. The Morgan fingerprint density at radius 2 is 1.96 bits per heavy atom. The zero-order valence-electron chi connectivity index (χ0n) is 15.7. The zero-order chi connectivity index (χ0) is 17.9. The van der Waals surface area contributed by atoms with Crippen LogP contribution in [0, 0.1) is 12.8 Å². The third-order valence-corrected chi connectivity index (χ3v) is 5.45. The first kappa shape index (κ1) is 17.2. The van der Waals surface area contributed by atoms with Crippen molar-refractivity contribution in [3.63, 3.8) is 0 Å². The number of aryl methyl sites for hydroxylation is 2. The number of anilines is 1. The Morgan fingerprint density at radius 3 is 2.69 bits per heavy atom. The van der Waals surface area contributed by atoms with Crippen molar-refractivity contribution in [2.45, 2.75) is 51.9 Å². The van der Waals surface area contributed by atoms with Gasteiger partial charge < -0.3 is 9.64 Å². The Balaban J connectivity index is 1.29. The van der Waals surface area contributed by atoms with E-state index in [1.165, 1.54) is 18.4 Å². The Labute approximate surface area is 155 Å². The Bertz CT molecular complexity index is 754. The first-order valence-corrected chi connectivity index (χ1v) is 9.77. The Hall–Kier alpha value is -2.24. The predicted molar refractivity (Wildman–Crippen MR) is 101 cm³/mol. The fourth-order valence-corrected chi connectivity index (χ4v) is 3.51. The minimum absolute atomic E-state index is 0.559. The van der Waals surface area contributed by atoms with Gasteiger partial charge in [-0.15, -0.1) is 5.10 Å². The lowest BCUT2D eigenvalue weighted by molar-refractivity contribution is 0.213. The molecule has 6 heteroatoms. The summed E-state index contributed by atoms with van der Waals surface area (Å²) < 4.78 is 5.93. The highest BCUT2D eigenvalue weighted by molar-refractivity contribution is 5.38. The molecule has 0 spiro atoms. The molecule has 4 rings (SSSR count). The molecule has 0 radical (unpaired) electrons. The molecule has 26 heavy (non-hydrogen) atoms. The van der Waals surface area contributed by atoms with Gasteiger partial charge in [0, 0.05) is 31.3 Å². The topological polar surface area (TPSA) is 64.0 Å². The fourth-order valence-electron chi connectivity index (χ4n) is 3.51. The van der Waals surface area contributed by atoms with Gasteiger partial charge in [0.15, 0.2) is 0 Å². The molecule has 138 valence electrons. The summed E-state index contributed by atoms with van der Waals surface area (Å²) in [6.07, 6.45) is 7.57. The molecule has 2 aliphatic rings. The monoisotopic (exact) mass is 353 g/mol. The van der Waals surface area contributed by atoms with E-state index in [1.54, 1.807) is 0 Å². The molecule has 2 aromatic rings. The molecule has 1 saturated carbocycles. The first-order valence-electron chi connectivity index (χ1n) is 9.77. The van der Waals surface area contributed by atoms with E-state index in [1.807, 2.05) is 25.3 Å². The molecule has 1 saturated heterocycles. The van der Waals surface area contributed by atoms with E-state index in [4.69, 9.17) is 9.72 Å². The molecular formula is C20H27N5O. The summed E-state index contributed by atoms with van der Waals surface area (Å²) in [5, 5.41) is 8.36. The van der Waals surface area contributed by atoms with Crippen LogP contribution < -0.4 is 9.64 Å². The second kappa shape index (κ2) is 7.56. The van der Waals surface area contributed by atoms with E-state index in [9.17, 15) is 0 Å². The minimum Gasteiger partial charge on any atom is -0.476 e. The molecule has 0 amide bonds. The van der Waals surface area contributed by atoms with Crippen molar-refractivity contribution in [1.29, 1.82) is 0 Å². The minimum atomic E-state index is 0.559. The standard InChI is InChI=1S/C20H27N5O/c1-3-16-12-19(24-23-14(16)2)26-13-15-7-10-25(11-8-15)18-6-9-21-20(22-18)17-4-5-17/h6,9,12,15,17H,3-5,7-8,10-11,13H2,1-2H3. The summed E-state index contributed by atoms with van der Waals surface area (Å²) in [6.45, 7) is 6.88. The molecule has 6 nitrogen and oxygen atoms in total. The van der Waals surface area contributed by atoms with Crippen LogP contribution in [0.1, 0.15) is 55.6 Å². The maximum absolute atomic E-state index is 5.93. The van der Waals surface area contributed by atoms with E-state index in [0.717, 1.165) is 49.7 Å². The van der Waals surface area contributed by atoms with Crippen LogP contribution >= 0.6 is 0 Å². The molecule has 0 unspecified atom stereocenters. The van der Waals surface area contributed by atoms with E-state index < -0.39 is 0 Å². The lowest BCUT2D eigenvalue weighted by Gasteiger charge is -2.32. The zero-order valence-corrected chi connectivity index (χ0v) is 15.7. The third-order valence-electron chi connectivity index (χ3n) is 5.45. The highest BCUT2D eigenvalue weighted by atomic mass is 16.5. The third kappa shape index (κ3) is 3.94. The van der Waals surface area contributed by atoms with E-state index in [-0.39, 0.29) is 0 Å². The number of piperidine rings is 1.